The molecule has 1 atom stereocenters. The summed E-state index contributed by atoms with van der Waals surface area (Å²) in [5.74, 6) is -2.04. The van der Waals surface area contributed by atoms with Gasteiger partial charge in [0.1, 0.15) is 11.4 Å². The molecule has 5 nitrogen and oxygen atoms in total. The SMILES string of the molecule is COC(C)(CNC(=O)C(=O)Nc1cc(C)ccc1C)c1ccccc1F. The van der Waals surface area contributed by atoms with E-state index in [1.165, 1.54) is 13.2 Å². The zero-order chi connectivity index (χ0) is 19.3. The van der Waals surface area contributed by atoms with Crippen LogP contribution in [0.25, 0.3) is 0 Å². The first-order chi connectivity index (χ1) is 12.3. The maximum atomic E-state index is 14.1. The predicted molar refractivity (Wildman–Crippen MR) is 98.3 cm³/mol. The summed E-state index contributed by atoms with van der Waals surface area (Å²) < 4.78 is 19.5. The van der Waals surface area contributed by atoms with Gasteiger partial charge >= 0.3 is 11.8 Å². The normalized spacial score (nSPS) is 13.0. The van der Waals surface area contributed by atoms with Gasteiger partial charge in [0.15, 0.2) is 0 Å². The van der Waals surface area contributed by atoms with Crippen LogP contribution >= 0.6 is 0 Å². The molecule has 1 unspecified atom stereocenters. The molecule has 0 aliphatic rings. The van der Waals surface area contributed by atoms with Crippen molar-refractivity contribution in [2.45, 2.75) is 26.4 Å². The van der Waals surface area contributed by atoms with Gasteiger partial charge in [0.05, 0.1) is 6.54 Å². The smallest absolute Gasteiger partial charge is 0.313 e. The number of aryl methyl sites for hydroxylation is 2. The zero-order valence-electron chi connectivity index (χ0n) is 15.4. The van der Waals surface area contributed by atoms with Gasteiger partial charge in [0.25, 0.3) is 0 Å². The highest BCUT2D eigenvalue weighted by Gasteiger charge is 2.30. The van der Waals surface area contributed by atoms with Crippen LogP contribution < -0.4 is 10.6 Å². The first-order valence-corrected chi connectivity index (χ1v) is 8.23. The summed E-state index contributed by atoms with van der Waals surface area (Å²) in [5.41, 5.74) is 1.61. The van der Waals surface area contributed by atoms with Crippen LogP contribution in [0.4, 0.5) is 10.1 Å². The minimum Gasteiger partial charge on any atom is -0.372 e. The fourth-order valence-corrected chi connectivity index (χ4v) is 2.55. The van der Waals surface area contributed by atoms with Gasteiger partial charge in [-0.25, -0.2) is 4.39 Å². The van der Waals surface area contributed by atoms with Gasteiger partial charge < -0.3 is 15.4 Å². The van der Waals surface area contributed by atoms with E-state index in [2.05, 4.69) is 10.6 Å². The lowest BCUT2D eigenvalue weighted by Gasteiger charge is -2.29. The van der Waals surface area contributed by atoms with E-state index in [1.54, 1.807) is 31.2 Å². The molecule has 2 amide bonds. The Labute approximate surface area is 152 Å². The predicted octanol–water partition coefficient (Wildman–Crippen LogP) is 3.06. The number of anilines is 1. The van der Waals surface area contributed by atoms with Crippen molar-refractivity contribution in [1.29, 1.82) is 0 Å². The first-order valence-electron chi connectivity index (χ1n) is 8.23. The highest BCUT2D eigenvalue weighted by Crippen LogP contribution is 2.26. The summed E-state index contributed by atoms with van der Waals surface area (Å²) in [5, 5.41) is 5.10. The maximum Gasteiger partial charge on any atom is 0.313 e. The van der Waals surface area contributed by atoms with E-state index in [9.17, 15) is 14.0 Å². The number of ether oxygens (including phenoxy) is 1. The molecule has 0 radical (unpaired) electrons. The van der Waals surface area contributed by atoms with Crippen LogP contribution in [-0.4, -0.2) is 25.5 Å². The Morgan fingerprint density at radius 3 is 2.46 bits per heavy atom. The van der Waals surface area contributed by atoms with Gasteiger partial charge in [0, 0.05) is 18.4 Å². The summed E-state index contributed by atoms with van der Waals surface area (Å²) in [7, 11) is 1.43. The molecule has 26 heavy (non-hydrogen) atoms. The molecule has 2 aromatic rings. The Balaban J connectivity index is 2.05. The lowest BCUT2D eigenvalue weighted by Crippen LogP contribution is -2.44. The quantitative estimate of drug-likeness (QED) is 0.807. The Morgan fingerprint density at radius 1 is 1.12 bits per heavy atom. The second kappa shape index (κ2) is 8.10. The second-order valence-corrected chi connectivity index (χ2v) is 6.37. The molecule has 138 valence electrons. The molecular weight excluding hydrogens is 335 g/mol. The van der Waals surface area contributed by atoms with Crippen LogP contribution in [0.15, 0.2) is 42.5 Å². The van der Waals surface area contributed by atoms with Crippen molar-refractivity contribution >= 4 is 17.5 Å². The minimum absolute atomic E-state index is 0.0521. The van der Waals surface area contributed by atoms with E-state index in [0.29, 0.717) is 11.3 Å². The van der Waals surface area contributed by atoms with Gasteiger partial charge in [-0.3, -0.25) is 9.59 Å². The summed E-state index contributed by atoms with van der Waals surface area (Å²) in [4.78, 5) is 24.3. The molecule has 0 bridgehead atoms. The van der Waals surface area contributed by atoms with Crippen molar-refractivity contribution in [3.05, 3.63) is 65.0 Å². The third kappa shape index (κ3) is 4.46. The van der Waals surface area contributed by atoms with Crippen LogP contribution in [0.1, 0.15) is 23.6 Å². The fourth-order valence-electron chi connectivity index (χ4n) is 2.55. The van der Waals surface area contributed by atoms with Crippen molar-refractivity contribution in [2.24, 2.45) is 0 Å². The van der Waals surface area contributed by atoms with Crippen molar-refractivity contribution in [3.8, 4) is 0 Å². The minimum atomic E-state index is -1.10. The molecule has 6 heteroatoms. The molecule has 0 heterocycles. The molecular formula is C20H23FN2O3. The lowest BCUT2D eigenvalue weighted by molar-refractivity contribution is -0.137. The molecule has 0 aliphatic carbocycles. The molecule has 0 spiro atoms. The molecule has 0 aliphatic heterocycles. The van der Waals surface area contributed by atoms with E-state index < -0.39 is 23.2 Å². The van der Waals surface area contributed by atoms with E-state index in [-0.39, 0.29) is 6.54 Å². The zero-order valence-corrected chi connectivity index (χ0v) is 15.4. The van der Waals surface area contributed by atoms with Crippen molar-refractivity contribution in [3.63, 3.8) is 0 Å². The fraction of sp³-hybridized carbons (Fsp3) is 0.300. The molecule has 2 aromatic carbocycles. The average molecular weight is 358 g/mol. The summed E-state index contributed by atoms with van der Waals surface area (Å²) in [6.07, 6.45) is 0. The number of benzene rings is 2. The van der Waals surface area contributed by atoms with E-state index in [1.807, 2.05) is 26.0 Å². The Bertz CT molecular complexity index is 822. The molecule has 2 rings (SSSR count). The Morgan fingerprint density at radius 2 is 1.81 bits per heavy atom. The Kier molecular flexibility index (Phi) is 6.10. The number of carbonyl (C=O) groups is 2. The third-order valence-corrected chi connectivity index (χ3v) is 4.33. The van der Waals surface area contributed by atoms with Crippen LogP contribution in [0.3, 0.4) is 0 Å². The molecule has 2 N–H and O–H groups in total. The van der Waals surface area contributed by atoms with Gasteiger partial charge in [-0.15, -0.1) is 0 Å². The van der Waals surface area contributed by atoms with Gasteiger partial charge in [-0.05, 0) is 44.0 Å². The topological polar surface area (TPSA) is 67.4 Å². The summed E-state index contributed by atoms with van der Waals surface area (Å²) in [6, 6.07) is 11.7. The molecule has 0 fully saturated rings. The highest BCUT2D eigenvalue weighted by molar-refractivity contribution is 6.39. The van der Waals surface area contributed by atoms with Crippen LogP contribution in [0.5, 0.6) is 0 Å². The van der Waals surface area contributed by atoms with E-state index in [0.717, 1.165) is 11.1 Å². The van der Waals surface area contributed by atoms with E-state index >= 15 is 0 Å². The first kappa shape index (κ1) is 19.6. The number of hydrogen-bond donors (Lipinski definition) is 2. The van der Waals surface area contributed by atoms with Crippen molar-refractivity contribution in [2.75, 3.05) is 19.0 Å². The summed E-state index contributed by atoms with van der Waals surface area (Å²) in [6.45, 7) is 5.33. The van der Waals surface area contributed by atoms with Gasteiger partial charge in [-0.2, -0.15) is 0 Å². The van der Waals surface area contributed by atoms with Gasteiger partial charge in [-0.1, -0.05) is 30.3 Å². The lowest BCUT2D eigenvalue weighted by atomic mass is 9.95. The number of amides is 2. The number of rotatable bonds is 5. The van der Waals surface area contributed by atoms with Crippen molar-refractivity contribution < 1.29 is 18.7 Å². The van der Waals surface area contributed by atoms with Gasteiger partial charge in [0.2, 0.25) is 0 Å². The molecule has 0 saturated carbocycles. The molecule has 0 aromatic heterocycles. The van der Waals surface area contributed by atoms with E-state index in [4.69, 9.17) is 4.74 Å². The van der Waals surface area contributed by atoms with Crippen LogP contribution in [-0.2, 0) is 19.9 Å². The Hall–Kier alpha value is -2.73. The monoisotopic (exact) mass is 358 g/mol. The number of halogens is 1. The average Bonchev–Trinajstić information content (AvgIpc) is 2.62. The van der Waals surface area contributed by atoms with Crippen molar-refractivity contribution in [1.82, 2.24) is 5.32 Å². The van der Waals surface area contributed by atoms with Crippen LogP contribution in [0.2, 0.25) is 0 Å². The summed E-state index contributed by atoms with van der Waals surface area (Å²) >= 11 is 0. The number of carbonyl (C=O) groups excluding carboxylic acids is 2. The largest absolute Gasteiger partial charge is 0.372 e. The van der Waals surface area contributed by atoms with Crippen LogP contribution in [0, 0.1) is 19.7 Å². The number of hydrogen-bond acceptors (Lipinski definition) is 3. The highest BCUT2D eigenvalue weighted by atomic mass is 19.1. The number of nitrogens with one attached hydrogen (secondary N) is 2. The maximum absolute atomic E-state index is 14.1. The number of methoxy groups -OCH3 is 1. The molecule has 0 saturated heterocycles. The third-order valence-electron chi connectivity index (χ3n) is 4.33. The standard InChI is InChI=1S/C20H23FN2O3/c1-13-9-10-14(2)17(11-13)23-19(25)18(24)22-12-20(3,26-4)15-7-5-6-8-16(15)21/h5-11H,12H2,1-4H3,(H,22,24)(H,23,25). The second-order valence-electron chi connectivity index (χ2n) is 6.37.